The van der Waals surface area contributed by atoms with E-state index in [9.17, 15) is 4.79 Å². The summed E-state index contributed by atoms with van der Waals surface area (Å²) in [4.78, 5) is 12.0. The standard InChI is InChI=1S/C12H13NO3/c1-8-6-7-15-12(16-8)9-4-2-3-5-10(9)13-11(12)14/h2-5,8H,6-7H2,1H3,(H,13,14)/t8-,12-/m0/s1. The van der Waals surface area contributed by atoms with E-state index in [1.165, 1.54) is 0 Å². The molecule has 0 aromatic heterocycles. The molecular weight excluding hydrogens is 206 g/mol. The molecule has 2 aliphatic rings. The first-order valence-corrected chi connectivity index (χ1v) is 5.45. The molecular formula is C12H13NO3. The lowest BCUT2D eigenvalue weighted by molar-refractivity contribution is -0.276. The van der Waals surface area contributed by atoms with Crippen molar-refractivity contribution in [3.63, 3.8) is 0 Å². The Kier molecular flexibility index (Phi) is 2.02. The zero-order chi connectivity index (χ0) is 11.2. The van der Waals surface area contributed by atoms with Gasteiger partial charge in [-0.3, -0.25) is 4.79 Å². The molecule has 1 aromatic carbocycles. The quantitative estimate of drug-likeness (QED) is 0.721. The molecule has 1 N–H and O–H groups in total. The molecule has 2 atom stereocenters. The Morgan fingerprint density at radius 2 is 2.25 bits per heavy atom. The van der Waals surface area contributed by atoms with Crippen molar-refractivity contribution in [2.75, 3.05) is 11.9 Å². The van der Waals surface area contributed by atoms with Crippen LogP contribution in [0, 0.1) is 0 Å². The van der Waals surface area contributed by atoms with E-state index in [-0.39, 0.29) is 12.0 Å². The molecule has 2 heterocycles. The van der Waals surface area contributed by atoms with Crippen LogP contribution >= 0.6 is 0 Å². The zero-order valence-corrected chi connectivity index (χ0v) is 9.03. The van der Waals surface area contributed by atoms with E-state index in [0.717, 1.165) is 17.7 Å². The highest BCUT2D eigenvalue weighted by molar-refractivity contribution is 6.04. The minimum absolute atomic E-state index is 0.0330. The average molecular weight is 219 g/mol. The molecule has 0 bridgehead atoms. The summed E-state index contributed by atoms with van der Waals surface area (Å²) in [6.45, 7) is 2.50. The number of rotatable bonds is 0. The highest BCUT2D eigenvalue weighted by Crippen LogP contribution is 2.42. The number of ether oxygens (including phenoxy) is 2. The van der Waals surface area contributed by atoms with Gasteiger partial charge in [-0.2, -0.15) is 0 Å². The van der Waals surface area contributed by atoms with Gasteiger partial charge in [0.25, 0.3) is 11.7 Å². The van der Waals surface area contributed by atoms with Gasteiger partial charge in [0, 0.05) is 5.56 Å². The number of hydrogen-bond acceptors (Lipinski definition) is 3. The van der Waals surface area contributed by atoms with E-state index >= 15 is 0 Å². The third kappa shape index (κ3) is 1.20. The number of anilines is 1. The first-order chi connectivity index (χ1) is 7.72. The Hall–Kier alpha value is -1.39. The molecule has 1 spiro atoms. The topological polar surface area (TPSA) is 47.6 Å². The van der Waals surface area contributed by atoms with Crippen molar-refractivity contribution in [1.29, 1.82) is 0 Å². The van der Waals surface area contributed by atoms with Crippen molar-refractivity contribution < 1.29 is 14.3 Å². The van der Waals surface area contributed by atoms with Crippen LogP contribution in [0.1, 0.15) is 18.9 Å². The van der Waals surface area contributed by atoms with E-state index < -0.39 is 5.79 Å². The Morgan fingerprint density at radius 3 is 3.06 bits per heavy atom. The van der Waals surface area contributed by atoms with Crippen LogP contribution in [-0.4, -0.2) is 18.6 Å². The molecule has 4 nitrogen and oxygen atoms in total. The monoisotopic (exact) mass is 219 g/mol. The molecule has 84 valence electrons. The number of carbonyl (C=O) groups excluding carboxylic acids is 1. The van der Waals surface area contributed by atoms with Gasteiger partial charge < -0.3 is 14.8 Å². The molecule has 0 aliphatic carbocycles. The fourth-order valence-electron chi connectivity index (χ4n) is 2.21. The summed E-state index contributed by atoms with van der Waals surface area (Å²) in [6.07, 6.45) is 0.850. The van der Waals surface area contributed by atoms with Gasteiger partial charge in [-0.1, -0.05) is 18.2 Å². The fourth-order valence-corrected chi connectivity index (χ4v) is 2.21. The fraction of sp³-hybridized carbons (Fsp3) is 0.417. The van der Waals surface area contributed by atoms with Crippen molar-refractivity contribution in [2.45, 2.75) is 25.2 Å². The lowest BCUT2D eigenvalue weighted by Crippen LogP contribution is -2.46. The molecule has 1 aromatic rings. The number of nitrogens with one attached hydrogen (secondary N) is 1. The summed E-state index contributed by atoms with van der Waals surface area (Å²) < 4.78 is 11.3. The summed E-state index contributed by atoms with van der Waals surface area (Å²) in [5.41, 5.74) is 1.56. The van der Waals surface area contributed by atoms with Crippen LogP contribution in [0.15, 0.2) is 24.3 Å². The predicted molar refractivity (Wildman–Crippen MR) is 57.9 cm³/mol. The third-order valence-electron chi connectivity index (χ3n) is 3.03. The Bertz CT molecular complexity index is 446. The van der Waals surface area contributed by atoms with E-state index in [1.807, 2.05) is 31.2 Å². The average Bonchev–Trinajstić information content (AvgIpc) is 2.53. The number of amides is 1. The van der Waals surface area contributed by atoms with Crippen molar-refractivity contribution in [2.24, 2.45) is 0 Å². The summed E-state index contributed by atoms with van der Waals surface area (Å²) in [6, 6.07) is 7.48. The number of hydrogen-bond donors (Lipinski definition) is 1. The number of carbonyl (C=O) groups is 1. The van der Waals surface area contributed by atoms with Gasteiger partial charge in [-0.05, 0) is 19.4 Å². The van der Waals surface area contributed by atoms with E-state index in [2.05, 4.69) is 5.32 Å². The van der Waals surface area contributed by atoms with E-state index in [1.54, 1.807) is 0 Å². The van der Waals surface area contributed by atoms with Gasteiger partial charge in [0.1, 0.15) is 0 Å². The van der Waals surface area contributed by atoms with Gasteiger partial charge >= 0.3 is 0 Å². The van der Waals surface area contributed by atoms with Gasteiger partial charge in [-0.15, -0.1) is 0 Å². The SMILES string of the molecule is C[C@H]1CCO[C@@]2(O1)C(=O)Nc1ccccc12. The highest BCUT2D eigenvalue weighted by Gasteiger charge is 2.52. The minimum Gasteiger partial charge on any atom is -0.338 e. The zero-order valence-electron chi connectivity index (χ0n) is 9.03. The summed E-state index contributed by atoms with van der Waals surface area (Å²) >= 11 is 0. The maximum Gasteiger partial charge on any atom is 0.289 e. The lowest BCUT2D eigenvalue weighted by atomic mass is 10.1. The first kappa shape index (κ1) is 9.81. The van der Waals surface area contributed by atoms with Crippen LogP contribution in [0.3, 0.4) is 0 Å². The molecule has 16 heavy (non-hydrogen) atoms. The largest absolute Gasteiger partial charge is 0.338 e. The molecule has 0 unspecified atom stereocenters. The van der Waals surface area contributed by atoms with Crippen LogP contribution in [0.2, 0.25) is 0 Å². The van der Waals surface area contributed by atoms with Gasteiger partial charge in [0.2, 0.25) is 0 Å². The second-order valence-electron chi connectivity index (χ2n) is 4.18. The molecule has 0 radical (unpaired) electrons. The van der Waals surface area contributed by atoms with Crippen molar-refractivity contribution in [1.82, 2.24) is 0 Å². The number of benzene rings is 1. The van der Waals surface area contributed by atoms with E-state index in [4.69, 9.17) is 9.47 Å². The Balaban J connectivity index is 2.09. The van der Waals surface area contributed by atoms with Crippen LogP contribution < -0.4 is 5.32 Å². The summed E-state index contributed by atoms with van der Waals surface area (Å²) in [5, 5.41) is 2.79. The highest BCUT2D eigenvalue weighted by atomic mass is 16.7. The van der Waals surface area contributed by atoms with Crippen molar-refractivity contribution in [3.8, 4) is 0 Å². The van der Waals surface area contributed by atoms with E-state index in [0.29, 0.717) is 6.61 Å². The lowest BCUT2D eigenvalue weighted by Gasteiger charge is -2.35. The molecule has 3 rings (SSSR count). The van der Waals surface area contributed by atoms with Crippen molar-refractivity contribution in [3.05, 3.63) is 29.8 Å². The molecule has 4 heteroatoms. The Morgan fingerprint density at radius 1 is 1.44 bits per heavy atom. The predicted octanol–water partition coefficient (Wildman–Crippen LogP) is 1.62. The van der Waals surface area contributed by atoms with Crippen LogP contribution in [0.25, 0.3) is 0 Å². The van der Waals surface area contributed by atoms with Gasteiger partial charge in [0.05, 0.1) is 18.4 Å². The third-order valence-corrected chi connectivity index (χ3v) is 3.03. The number of para-hydroxylation sites is 1. The van der Waals surface area contributed by atoms with Crippen LogP contribution in [0.4, 0.5) is 5.69 Å². The molecule has 1 saturated heterocycles. The van der Waals surface area contributed by atoms with Gasteiger partial charge in [-0.25, -0.2) is 0 Å². The van der Waals surface area contributed by atoms with Gasteiger partial charge in [0.15, 0.2) is 0 Å². The van der Waals surface area contributed by atoms with Crippen LogP contribution in [-0.2, 0) is 20.1 Å². The van der Waals surface area contributed by atoms with Crippen molar-refractivity contribution >= 4 is 11.6 Å². The first-order valence-electron chi connectivity index (χ1n) is 5.45. The number of fused-ring (bicyclic) bond motifs is 2. The molecule has 1 fully saturated rings. The molecule has 2 aliphatic heterocycles. The van der Waals surface area contributed by atoms with Crippen LogP contribution in [0.5, 0.6) is 0 Å². The second kappa shape index (κ2) is 3.30. The Labute approximate surface area is 93.5 Å². The second-order valence-corrected chi connectivity index (χ2v) is 4.18. The molecule has 1 amide bonds. The maximum atomic E-state index is 12.0. The minimum atomic E-state index is -1.21. The molecule has 0 saturated carbocycles. The smallest absolute Gasteiger partial charge is 0.289 e. The maximum absolute atomic E-state index is 12.0. The summed E-state index contributed by atoms with van der Waals surface area (Å²) in [5.74, 6) is -1.44. The normalized spacial score (nSPS) is 32.6. The summed E-state index contributed by atoms with van der Waals surface area (Å²) in [7, 11) is 0.